The van der Waals surface area contributed by atoms with Crippen molar-refractivity contribution in [3.8, 4) is 0 Å². The van der Waals surface area contributed by atoms with Crippen LogP contribution in [0.25, 0.3) is 0 Å². The van der Waals surface area contributed by atoms with Crippen molar-refractivity contribution in [3.05, 3.63) is 29.3 Å². The molecule has 3 heteroatoms. The normalized spacial score (nSPS) is 24.3. The van der Waals surface area contributed by atoms with Crippen LogP contribution in [0.5, 0.6) is 0 Å². The van der Waals surface area contributed by atoms with Crippen molar-refractivity contribution in [2.24, 2.45) is 5.92 Å². The third kappa shape index (κ3) is 3.58. The number of nitrogens with zero attached hydrogens (tertiary/aromatic N) is 2. The fraction of sp³-hybridized carbons (Fsp3) is 0.667. The van der Waals surface area contributed by atoms with Crippen LogP contribution in [0.2, 0.25) is 0 Å². The van der Waals surface area contributed by atoms with Gasteiger partial charge in [-0.3, -0.25) is 4.90 Å². The van der Waals surface area contributed by atoms with Crippen LogP contribution in [0.1, 0.15) is 24.0 Å². The molecule has 2 aliphatic heterocycles. The van der Waals surface area contributed by atoms with E-state index in [1.165, 1.54) is 75.5 Å². The zero-order chi connectivity index (χ0) is 14.7. The maximum atomic E-state index is 3.54. The molecule has 0 saturated carbocycles. The minimum Gasteiger partial charge on any atom is -0.369 e. The molecular formula is C18H29N3. The maximum Gasteiger partial charge on any atom is 0.0399 e. The van der Waals surface area contributed by atoms with Crippen molar-refractivity contribution in [2.75, 3.05) is 50.7 Å². The Morgan fingerprint density at radius 1 is 1.14 bits per heavy atom. The summed E-state index contributed by atoms with van der Waals surface area (Å²) in [6.45, 7) is 13.0. The number of anilines is 1. The number of hydrogen-bond acceptors (Lipinski definition) is 3. The molecular weight excluding hydrogens is 258 g/mol. The highest BCUT2D eigenvalue weighted by Gasteiger charge is 2.22. The Morgan fingerprint density at radius 3 is 2.67 bits per heavy atom. The summed E-state index contributed by atoms with van der Waals surface area (Å²) >= 11 is 0. The van der Waals surface area contributed by atoms with Crippen LogP contribution in [-0.2, 0) is 0 Å². The first-order valence-corrected chi connectivity index (χ1v) is 8.48. The zero-order valence-electron chi connectivity index (χ0n) is 13.6. The van der Waals surface area contributed by atoms with Crippen LogP contribution in [0, 0.1) is 19.8 Å². The first-order valence-electron chi connectivity index (χ1n) is 8.48. The number of hydrogen-bond donors (Lipinski definition) is 1. The Labute approximate surface area is 129 Å². The van der Waals surface area contributed by atoms with Gasteiger partial charge in [-0.05, 0) is 62.9 Å². The van der Waals surface area contributed by atoms with E-state index in [0.29, 0.717) is 0 Å². The second-order valence-electron chi connectivity index (χ2n) is 6.72. The first kappa shape index (κ1) is 14.9. The zero-order valence-corrected chi connectivity index (χ0v) is 13.6. The van der Waals surface area contributed by atoms with Crippen LogP contribution < -0.4 is 10.2 Å². The molecule has 1 unspecified atom stereocenters. The summed E-state index contributed by atoms with van der Waals surface area (Å²) in [6, 6.07) is 6.69. The van der Waals surface area contributed by atoms with E-state index in [9.17, 15) is 0 Å². The Balaban J connectivity index is 1.53. The van der Waals surface area contributed by atoms with Crippen molar-refractivity contribution in [2.45, 2.75) is 26.7 Å². The number of benzene rings is 1. The van der Waals surface area contributed by atoms with Gasteiger partial charge in [0.05, 0.1) is 0 Å². The summed E-state index contributed by atoms with van der Waals surface area (Å²) in [5, 5.41) is 3.54. The Morgan fingerprint density at radius 2 is 1.95 bits per heavy atom. The maximum absolute atomic E-state index is 3.54. The quantitative estimate of drug-likeness (QED) is 0.921. The molecule has 0 spiro atoms. The molecule has 0 bridgehead atoms. The van der Waals surface area contributed by atoms with Gasteiger partial charge < -0.3 is 10.2 Å². The molecule has 2 aliphatic rings. The molecule has 1 N–H and O–H groups in total. The van der Waals surface area contributed by atoms with Crippen LogP contribution >= 0.6 is 0 Å². The highest BCUT2D eigenvalue weighted by molar-refractivity contribution is 5.56. The Hall–Kier alpha value is -1.06. The molecule has 0 aromatic heterocycles. The van der Waals surface area contributed by atoms with Crippen LogP contribution in [0.3, 0.4) is 0 Å². The third-order valence-electron chi connectivity index (χ3n) is 5.20. The molecule has 0 amide bonds. The molecule has 116 valence electrons. The Kier molecular flexibility index (Phi) is 4.81. The van der Waals surface area contributed by atoms with Crippen molar-refractivity contribution in [1.29, 1.82) is 0 Å². The van der Waals surface area contributed by atoms with E-state index >= 15 is 0 Å². The van der Waals surface area contributed by atoms with E-state index in [-0.39, 0.29) is 0 Å². The molecule has 1 atom stereocenters. The Bertz CT molecular complexity index is 458. The third-order valence-corrected chi connectivity index (χ3v) is 5.20. The summed E-state index contributed by atoms with van der Waals surface area (Å²) < 4.78 is 0. The summed E-state index contributed by atoms with van der Waals surface area (Å²) in [4.78, 5) is 5.23. The fourth-order valence-corrected chi connectivity index (χ4v) is 3.69. The van der Waals surface area contributed by atoms with E-state index in [4.69, 9.17) is 0 Å². The van der Waals surface area contributed by atoms with E-state index in [0.717, 1.165) is 5.92 Å². The molecule has 2 saturated heterocycles. The molecule has 3 nitrogen and oxygen atoms in total. The average Bonchev–Trinajstić information content (AvgIpc) is 2.52. The monoisotopic (exact) mass is 287 g/mol. The molecule has 0 radical (unpaired) electrons. The van der Waals surface area contributed by atoms with Crippen LogP contribution in [0.15, 0.2) is 18.2 Å². The van der Waals surface area contributed by atoms with Crippen LogP contribution in [0.4, 0.5) is 5.69 Å². The lowest BCUT2D eigenvalue weighted by Crippen LogP contribution is -2.49. The molecule has 21 heavy (non-hydrogen) atoms. The van der Waals surface area contributed by atoms with Crippen LogP contribution in [-0.4, -0.2) is 50.7 Å². The molecule has 1 aromatic rings. The first-order chi connectivity index (χ1) is 10.2. The lowest BCUT2D eigenvalue weighted by molar-refractivity contribution is 0.199. The fourth-order valence-electron chi connectivity index (χ4n) is 3.69. The van der Waals surface area contributed by atoms with Gasteiger partial charge in [0.1, 0.15) is 0 Å². The van der Waals surface area contributed by atoms with Gasteiger partial charge in [0.25, 0.3) is 0 Å². The molecule has 2 fully saturated rings. The summed E-state index contributed by atoms with van der Waals surface area (Å²) in [6.07, 6.45) is 2.76. The SMILES string of the molecule is Cc1cccc(N2CCN(CC3CCCNC3)CC2)c1C. The molecule has 0 aliphatic carbocycles. The van der Waals surface area contributed by atoms with Crippen molar-refractivity contribution in [3.63, 3.8) is 0 Å². The van der Waals surface area contributed by atoms with E-state index in [1.54, 1.807) is 0 Å². The molecule has 1 aromatic carbocycles. The minimum atomic E-state index is 0.867. The van der Waals surface area contributed by atoms with E-state index in [2.05, 4.69) is 47.2 Å². The summed E-state index contributed by atoms with van der Waals surface area (Å²) in [5.74, 6) is 0.867. The second-order valence-corrected chi connectivity index (χ2v) is 6.72. The lowest BCUT2D eigenvalue weighted by atomic mass is 9.98. The van der Waals surface area contributed by atoms with E-state index in [1.807, 2.05) is 0 Å². The van der Waals surface area contributed by atoms with Crippen molar-refractivity contribution >= 4 is 5.69 Å². The summed E-state index contributed by atoms with van der Waals surface area (Å²) in [5.41, 5.74) is 4.29. The highest BCUT2D eigenvalue weighted by atomic mass is 15.3. The van der Waals surface area contributed by atoms with Gasteiger partial charge >= 0.3 is 0 Å². The average molecular weight is 287 g/mol. The highest BCUT2D eigenvalue weighted by Crippen LogP contribution is 2.24. The summed E-state index contributed by atoms with van der Waals surface area (Å²) in [7, 11) is 0. The predicted octanol–water partition coefficient (Wildman–Crippen LogP) is 2.43. The topological polar surface area (TPSA) is 18.5 Å². The molecule has 3 rings (SSSR count). The second kappa shape index (κ2) is 6.80. The number of piperidine rings is 1. The van der Waals surface area contributed by atoms with Gasteiger partial charge in [-0.25, -0.2) is 0 Å². The van der Waals surface area contributed by atoms with E-state index < -0.39 is 0 Å². The lowest BCUT2D eigenvalue weighted by Gasteiger charge is -2.39. The van der Waals surface area contributed by atoms with Gasteiger partial charge in [-0.2, -0.15) is 0 Å². The van der Waals surface area contributed by atoms with Gasteiger partial charge in [-0.1, -0.05) is 12.1 Å². The van der Waals surface area contributed by atoms with Gasteiger partial charge in [-0.15, -0.1) is 0 Å². The number of rotatable bonds is 3. The number of aryl methyl sites for hydroxylation is 1. The predicted molar refractivity (Wildman–Crippen MR) is 90.2 cm³/mol. The number of nitrogens with one attached hydrogen (secondary N) is 1. The van der Waals surface area contributed by atoms with Gasteiger partial charge in [0.15, 0.2) is 0 Å². The van der Waals surface area contributed by atoms with Crippen molar-refractivity contribution in [1.82, 2.24) is 10.2 Å². The number of piperazine rings is 1. The molecule has 2 heterocycles. The van der Waals surface area contributed by atoms with Crippen molar-refractivity contribution < 1.29 is 0 Å². The van der Waals surface area contributed by atoms with Gasteiger partial charge in [0.2, 0.25) is 0 Å². The van der Waals surface area contributed by atoms with Gasteiger partial charge in [0, 0.05) is 38.4 Å². The standard InChI is InChI=1S/C18H29N3/c1-15-5-3-7-18(16(15)2)21-11-9-20(10-12-21)14-17-6-4-8-19-13-17/h3,5,7,17,19H,4,6,8-14H2,1-2H3. The smallest absolute Gasteiger partial charge is 0.0399 e. The largest absolute Gasteiger partial charge is 0.369 e. The minimum absolute atomic E-state index is 0.867.